The minimum Gasteiger partial charge on any atom is -0.469 e. The van der Waals surface area contributed by atoms with Crippen LogP contribution in [0.2, 0.25) is 18.1 Å². The third-order valence-electron chi connectivity index (χ3n) is 4.90. The van der Waals surface area contributed by atoms with E-state index in [0.717, 1.165) is 19.3 Å². The molecule has 0 aromatic carbocycles. The normalized spacial score (nSPS) is 14.4. The van der Waals surface area contributed by atoms with Crippen molar-refractivity contribution >= 4 is 14.3 Å². The lowest BCUT2D eigenvalue weighted by Crippen LogP contribution is -2.42. The third-order valence-corrected chi connectivity index (χ3v) is 9.47. The molecule has 146 valence electrons. The Bertz CT molecular complexity index is 419. The standard InChI is InChI=1S/C21H40O3Si/c1-19(24-25(6,7)21(2,3)4)17-15-13-11-9-8-10-12-14-16-18-20(22)23-5/h11,13,15,17,19H,8-10,12,14,16,18H2,1-7H3/b13-11-,17-15+. The molecular formula is C21H40O3Si. The first kappa shape index (κ1) is 24.1. The highest BCUT2D eigenvalue weighted by molar-refractivity contribution is 6.74. The Morgan fingerprint density at radius 2 is 1.64 bits per heavy atom. The van der Waals surface area contributed by atoms with E-state index in [1.165, 1.54) is 26.4 Å². The van der Waals surface area contributed by atoms with Crippen molar-refractivity contribution in [2.24, 2.45) is 0 Å². The van der Waals surface area contributed by atoms with Gasteiger partial charge in [-0.1, -0.05) is 64.3 Å². The van der Waals surface area contributed by atoms with Crippen LogP contribution in [0.25, 0.3) is 0 Å². The van der Waals surface area contributed by atoms with Gasteiger partial charge < -0.3 is 9.16 Å². The number of rotatable bonds is 12. The minimum atomic E-state index is -1.68. The van der Waals surface area contributed by atoms with Crippen molar-refractivity contribution in [2.45, 2.75) is 96.9 Å². The minimum absolute atomic E-state index is 0.0958. The summed E-state index contributed by atoms with van der Waals surface area (Å²) in [5.41, 5.74) is 0. The average molecular weight is 369 g/mol. The Balaban J connectivity index is 3.77. The molecule has 1 unspecified atom stereocenters. The Kier molecular flexibility index (Phi) is 12.0. The van der Waals surface area contributed by atoms with Gasteiger partial charge in [0.25, 0.3) is 0 Å². The molecule has 25 heavy (non-hydrogen) atoms. The summed E-state index contributed by atoms with van der Waals surface area (Å²) in [6.07, 6.45) is 16.1. The van der Waals surface area contributed by atoms with Crippen LogP contribution in [0, 0.1) is 0 Å². The molecule has 0 N–H and O–H groups in total. The maximum absolute atomic E-state index is 11.0. The van der Waals surface area contributed by atoms with Gasteiger partial charge in [-0.05, 0) is 44.3 Å². The van der Waals surface area contributed by atoms with E-state index in [-0.39, 0.29) is 17.1 Å². The number of methoxy groups -OCH3 is 1. The van der Waals surface area contributed by atoms with Gasteiger partial charge in [-0.2, -0.15) is 0 Å². The number of hydrogen-bond donors (Lipinski definition) is 0. The van der Waals surface area contributed by atoms with Gasteiger partial charge in [0.1, 0.15) is 0 Å². The van der Waals surface area contributed by atoms with Crippen LogP contribution in [-0.4, -0.2) is 27.5 Å². The van der Waals surface area contributed by atoms with Crippen molar-refractivity contribution in [1.82, 2.24) is 0 Å². The largest absolute Gasteiger partial charge is 0.469 e. The summed E-state index contributed by atoms with van der Waals surface area (Å²) in [5.74, 6) is -0.0958. The molecule has 0 radical (unpaired) electrons. The smallest absolute Gasteiger partial charge is 0.305 e. The van der Waals surface area contributed by atoms with E-state index in [9.17, 15) is 4.79 Å². The molecule has 0 rings (SSSR count). The van der Waals surface area contributed by atoms with E-state index in [0.29, 0.717) is 6.42 Å². The summed E-state index contributed by atoms with van der Waals surface area (Å²) in [6, 6.07) is 0. The molecule has 0 aromatic rings. The Morgan fingerprint density at radius 1 is 1.04 bits per heavy atom. The van der Waals surface area contributed by atoms with Gasteiger partial charge in [-0.25, -0.2) is 0 Å². The molecule has 0 aliphatic heterocycles. The SMILES string of the molecule is COC(=O)CCCCCCC/C=C\C=C\C(C)O[Si](C)(C)C(C)(C)C. The van der Waals surface area contributed by atoms with Crippen molar-refractivity contribution in [3.05, 3.63) is 24.3 Å². The van der Waals surface area contributed by atoms with Crippen molar-refractivity contribution in [3.8, 4) is 0 Å². The second-order valence-corrected chi connectivity index (χ2v) is 13.0. The fourth-order valence-electron chi connectivity index (χ4n) is 2.24. The molecule has 0 amide bonds. The molecular weight excluding hydrogens is 328 g/mol. The first-order valence-electron chi connectivity index (χ1n) is 9.68. The zero-order chi connectivity index (χ0) is 19.3. The Morgan fingerprint density at radius 3 is 2.24 bits per heavy atom. The fraction of sp³-hybridized carbons (Fsp3) is 0.762. The lowest BCUT2D eigenvalue weighted by atomic mass is 10.1. The van der Waals surface area contributed by atoms with E-state index in [1.54, 1.807) is 0 Å². The molecule has 0 aliphatic rings. The van der Waals surface area contributed by atoms with Gasteiger partial charge in [0.05, 0.1) is 13.2 Å². The monoisotopic (exact) mass is 368 g/mol. The summed E-state index contributed by atoms with van der Waals surface area (Å²) in [6.45, 7) is 13.5. The summed E-state index contributed by atoms with van der Waals surface area (Å²) < 4.78 is 10.9. The zero-order valence-corrected chi connectivity index (χ0v) is 18.6. The van der Waals surface area contributed by atoms with Gasteiger partial charge in [-0.15, -0.1) is 0 Å². The highest BCUT2D eigenvalue weighted by Crippen LogP contribution is 2.37. The number of unbranched alkanes of at least 4 members (excludes halogenated alkanes) is 5. The molecule has 4 heteroatoms. The van der Waals surface area contributed by atoms with E-state index in [2.05, 4.69) is 69.8 Å². The van der Waals surface area contributed by atoms with Crippen LogP contribution in [0.4, 0.5) is 0 Å². The van der Waals surface area contributed by atoms with Crippen LogP contribution in [-0.2, 0) is 14.0 Å². The molecule has 0 aliphatic carbocycles. The van der Waals surface area contributed by atoms with Crippen LogP contribution in [0.1, 0.15) is 72.6 Å². The van der Waals surface area contributed by atoms with Gasteiger partial charge >= 0.3 is 5.97 Å². The number of hydrogen-bond acceptors (Lipinski definition) is 3. The first-order valence-corrected chi connectivity index (χ1v) is 12.6. The van der Waals surface area contributed by atoms with E-state index < -0.39 is 8.32 Å². The molecule has 0 fully saturated rings. The lowest BCUT2D eigenvalue weighted by Gasteiger charge is -2.37. The second-order valence-electron chi connectivity index (χ2n) is 8.28. The highest BCUT2D eigenvalue weighted by atomic mass is 28.4. The van der Waals surface area contributed by atoms with Crippen LogP contribution < -0.4 is 0 Å². The Labute approximate surface area is 157 Å². The van der Waals surface area contributed by atoms with Crippen molar-refractivity contribution in [2.75, 3.05) is 7.11 Å². The van der Waals surface area contributed by atoms with Crippen molar-refractivity contribution in [1.29, 1.82) is 0 Å². The number of esters is 1. The van der Waals surface area contributed by atoms with Gasteiger partial charge in [-0.3, -0.25) is 4.79 Å². The third kappa shape index (κ3) is 12.2. The lowest BCUT2D eigenvalue weighted by molar-refractivity contribution is -0.140. The maximum atomic E-state index is 11.0. The van der Waals surface area contributed by atoms with Gasteiger partial charge in [0.2, 0.25) is 0 Å². The van der Waals surface area contributed by atoms with Crippen LogP contribution in [0.3, 0.4) is 0 Å². The number of carbonyl (C=O) groups excluding carboxylic acids is 1. The predicted molar refractivity (Wildman–Crippen MR) is 110 cm³/mol. The molecule has 1 atom stereocenters. The zero-order valence-electron chi connectivity index (χ0n) is 17.6. The summed E-state index contributed by atoms with van der Waals surface area (Å²) in [5, 5.41) is 0.252. The maximum Gasteiger partial charge on any atom is 0.305 e. The number of ether oxygens (including phenoxy) is 1. The van der Waals surface area contributed by atoms with E-state index in [4.69, 9.17) is 4.43 Å². The number of allylic oxidation sites excluding steroid dienone is 3. The molecule has 0 saturated carbocycles. The summed E-state index contributed by atoms with van der Waals surface area (Å²) in [7, 11) is -0.231. The summed E-state index contributed by atoms with van der Waals surface area (Å²) in [4.78, 5) is 11.0. The average Bonchev–Trinajstić information content (AvgIpc) is 2.50. The molecule has 0 aromatic heterocycles. The molecule has 0 bridgehead atoms. The van der Waals surface area contributed by atoms with E-state index >= 15 is 0 Å². The Hall–Kier alpha value is -0.873. The quantitative estimate of drug-likeness (QED) is 0.173. The highest BCUT2D eigenvalue weighted by Gasteiger charge is 2.37. The van der Waals surface area contributed by atoms with Gasteiger partial charge in [0, 0.05) is 6.42 Å². The van der Waals surface area contributed by atoms with Crippen molar-refractivity contribution in [3.63, 3.8) is 0 Å². The van der Waals surface area contributed by atoms with Crippen LogP contribution in [0.15, 0.2) is 24.3 Å². The molecule has 0 saturated heterocycles. The molecule has 0 spiro atoms. The second kappa shape index (κ2) is 12.5. The van der Waals surface area contributed by atoms with E-state index in [1.807, 2.05) is 0 Å². The van der Waals surface area contributed by atoms with Crippen LogP contribution >= 0.6 is 0 Å². The molecule has 3 nitrogen and oxygen atoms in total. The topological polar surface area (TPSA) is 35.5 Å². The molecule has 0 heterocycles. The summed E-state index contributed by atoms with van der Waals surface area (Å²) >= 11 is 0. The van der Waals surface area contributed by atoms with Gasteiger partial charge in [0.15, 0.2) is 8.32 Å². The first-order chi connectivity index (χ1) is 11.6. The number of carbonyl (C=O) groups is 1. The predicted octanol–water partition coefficient (Wildman–Crippen LogP) is 6.41. The fourth-order valence-corrected chi connectivity index (χ4v) is 3.60. The van der Waals surface area contributed by atoms with Crippen LogP contribution in [0.5, 0.6) is 0 Å². The van der Waals surface area contributed by atoms with Crippen molar-refractivity contribution < 1.29 is 14.0 Å².